The van der Waals surface area contributed by atoms with Crippen LogP contribution in [-0.2, 0) is 4.74 Å². The lowest BCUT2D eigenvalue weighted by Gasteiger charge is -2.04. The minimum Gasteiger partial charge on any atom is -0.442 e. The minimum absolute atomic E-state index is 0.149. The van der Waals surface area contributed by atoms with Gasteiger partial charge in [-0.05, 0) is 13.3 Å². The topological polar surface area (TPSA) is 81.5 Å². The van der Waals surface area contributed by atoms with Gasteiger partial charge in [0.2, 0.25) is 0 Å². The number of hydrogen-bond donors (Lipinski definition) is 2. The van der Waals surface area contributed by atoms with Crippen molar-refractivity contribution in [3.8, 4) is 0 Å². The fourth-order valence-electron chi connectivity index (χ4n) is 1.75. The predicted octanol–water partition coefficient (Wildman–Crippen LogP) is 0.479. The molecule has 1 aliphatic heterocycles. The number of aliphatic hydroxyl groups excluding tert-OH is 1. The molecular weight excluding hydrogens is 196 g/mol. The third-order valence-electron chi connectivity index (χ3n) is 2.65. The number of aryl methyl sites for hydroxylation is 1. The number of rotatable bonds is 3. The van der Waals surface area contributed by atoms with Gasteiger partial charge in [-0.25, -0.2) is 4.98 Å². The summed E-state index contributed by atoms with van der Waals surface area (Å²) in [4.78, 5) is 4.30. The molecule has 1 saturated heterocycles. The molecule has 0 aromatic carbocycles. The van der Waals surface area contributed by atoms with Crippen LogP contribution in [0.4, 0.5) is 0 Å². The van der Waals surface area contributed by atoms with E-state index in [1.54, 1.807) is 0 Å². The largest absolute Gasteiger partial charge is 0.442 e. The normalized spacial score (nSPS) is 23.3. The summed E-state index contributed by atoms with van der Waals surface area (Å²) in [6.45, 7) is 3.37. The third-order valence-corrected chi connectivity index (χ3v) is 2.65. The van der Waals surface area contributed by atoms with E-state index in [0.29, 0.717) is 18.3 Å². The Morgan fingerprint density at radius 1 is 1.67 bits per heavy atom. The number of hydrogen-bond acceptors (Lipinski definition) is 5. The summed E-state index contributed by atoms with van der Waals surface area (Å²) >= 11 is 0. The molecule has 2 atom stereocenters. The molecule has 0 bridgehead atoms. The molecule has 2 rings (SSSR count). The van der Waals surface area contributed by atoms with Crippen LogP contribution >= 0.6 is 0 Å². The molecule has 15 heavy (non-hydrogen) atoms. The molecular formula is C10H16N2O3. The summed E-state index contributed by atoms with van der Waals surface area (Å²) in [5, 5.41) is 9.58. The van der Waals surface area contributed by atoms with Crippen LogP contribution in [0, 0.1) is 6.92 Å². The van der Waals surface area contributed by atoms with E-state index in [1.165, 1.54) is 0 Å². The van der Waals surface area contributed by atoms with Crippen molar-refractivity contribution in [2.75, 3.05) is 19.8 Å². The van der Waals surface area contributed by atoms with Gasteiger partial charge in [-0.2, -0.15) is 0 Å². The van der Waals surface area contributed by atoms with Crippen molar-refractivity contribution in [3.05, 3.63) is 17.3 Å². The van der Waals surface area contributed by atoms with Gasteiger partial charge in [-0.3, -0.25) is 0 Å². The standard InChI is InChI=1S/C10H16N2O3/c1-6-9(8(13)4-11)15-10(12-6)7-2-3-14-5-7/h7-8,13H,2-5,11H2,1H3. The fraction of sp³-hybridized carbons (Fsp3) is 0.700. The van der Waals surface area contributed by atoms with Crippen LogP contribution in [0.25, 0.3) is 0 Å². The number of nitrogens with two attached hydrogens (primary N) is 1. The van der Waals surface area contributed by atoms with Gasteiger partial charge < -0.3 is 20.0 Å². The van der Waals surface area contributed by atoms with E-state index in [0.717, 1.165) is 18.7 Å². The van der Waals surface area contributed by atoms with Gasteiger partial charge in [0.1, 0.15) is 6.10 Å². The first-order valence-electron chi connectivity index (χ1n) is 5.15. The molecule has 1 aromatic heterocycles. The summed E-state index contributed by atoms with van der Waals surface area (Å²) < 4.78 is 10.8. The number of aliphatic hydroxyl groups is 1. The highest BCUT2D eigenvalue weighted by molar-refractivity contribution is 5.13. The summed E-state index contributed by atoms with van der Waals surface area (Å²) in [6.07, 6.45) is 0.173. The summed E-state index contributed by atoms with van der Waals surface area (Å²) in [5.41, 5.74) is 6.09. The maximum absolute atomic E-state index is 9.58. The molecule has 0 radical (unpaired) electrons. The lowest BCUT2D eigenvalue weighted by molar-refractivity contribution is 0.152. The zero-order valence-electron chi connectivity index (χ0n) is 8.77. The molecule has 0 amide bonds. The molecule has 1 aromatic rings. The van der Waals surface area contributed by atoms with Gasteiger partial charge >= 0.3 is 0 Å². The lowest BCUT2D eigenvalue weighted by Crippen LogP contribution is -2.11. The molecule has 3 N–H and O–H groups in total. The van der Waals surface area contributed by atoms with Gasteiger partial charge in [0.15, 0.2) is 11.7 Å². The highest BCUT2D eigenvalue weighted by Crippen LogP contribution is 2.28. The molecule has 1 aliphatic rings. The van der Waals surface area contributed by atoms with E-state index in [2.05, 4.69) is 4.98 Å². The molecule has 5 nitrogen and oxygen atoms in total. The first-order chi connectivity index (χ1) is 7.22. The van der Waals surface area contributed by atoms with E-state index in [4.69, 9.17) is 14.9 Å². The quantitative estimate of drug-likeness (QED) is 0.761. The van der Waals surface area contributed by atoms with Crippen molar-refractivity contribution in [2.45, 2.75) is 25.4 Å². The second kappa shape index (κ2) is 4.30. The lowest BCUT2D eigenvalue weighted by atomic mass is 10.1. The average molecular weight is 212 g/mol. The number of nitrogens with zero attached hydrogens (tertiary/aromatic N) is 1. The van der Waals surface area contributed by atoms with Gasteiger partial charge in [0.05, 0.1) is 18.2 Å². The number of aromatic nitrogens is 1. The van der Waals surface area contributed by atoms with Crippen molar-refractivity contribution in [1.82, 2.24) is 4.98 Å². The highest BCUT2D eigenvalue weighted by Gasteiger charge is 2.25. The van der Waals surface area contributed by atoms with E-state index in [-0.39, 0.29) is 12.5 Å². The van der Waals surface area contributed by atoms with Crippen molar-refractivity contribution in [1.29, 1.82) is 0 Å². The smallest absolute Gasteiger partial charge is 0.200 e. The second-order valence-electron chi connectivity index (χ2n) is 3.81. The van der Waals surface area contributed by atoms with Crippen molar-refractivity contribution < 1.29 is 14.3 Å². The molecule has 0 saturated carbocycles. The Morgan fingerprint density at radius 2 is 2.47 bits per heavy atom. The summed E-state index contributed by atoms with van der Waals surface area (Å²) in [5.74, 6) is 1.37. The third kappa shape index (κ3) is 2.04. The Bertz CT molecular complexity index is 331. The first-order valence-corrected chi connectivity index (χ1v) is 5.15. The van der Waals surface area contributed by atoms with Gasteiger partial charge in [0, 0.05) is 13.2 Å². The SMILES string of the molecule is Cc1nc(C2CCOC2)oc1C(O)CN. The van der Waals surface area contributed by atoms with Crippen LogP contribution in [0.1, 0.15) is 35.8 Å². The van der Waals surface area contributed by atoms with E-state index in [9.17, 15) is 5.11 Å². The van der Waals surface area contributed by atoms with E-state index in [1.807, 2.05) is 6.92 Å². The number of ether oxygens (including phenoxy) is 1. The highest BCUT2D eigenvalue weighted by atomic mass is 16.5. The van der Waals surface area contributed by atoms with Crippen LogP contribution in [0.2, 0.25) is 0 Å². The molecule has 2 heterocycles. The Labute approximate surface area is 88.2 Å². The molecule has 5 heteroatoms. The molecule has 0 spiro atoms. The van der Waals surface area contributed by atoms with Crippen LogP contribution in [-0.4, -0.2) is 29.8 Å². The first kappa shape index (κ1) is 10.6. The van der Waals surface area contributed by atoms with E-state index >= 15 is 0 Å². The van der Waals surface area contributed by atoms with Crippen LogP contribution < -0.4 is 5.73 Å². The number of oxazole rings is 1. The maximum atomic E-state index is 9.58. The van der Waals surface area contributed by atoms with Crippen LogP contribution in [0.5, 0.6) is 0 Å². The van der Waals surface area contributed by atoms with Gasteiger partial charge in [-0.1, -0.05) is 0 Å². The Hall–Kier alpha value is -0.910. The zero-order valence-corrected chi connectivity index (χ0v) is 8.77. The van der Waals surface area contributed by atoms with Gasteiger partial charge in [-0.15, -0.1) is 0 Å². The minimum atomic E-state index is -0.756. The second-order valence-corrected chi connectivity index (χ2v) is 3.81. The zero-order chi connectivity index (χ0) is 10.8. The van der Waals surface area contributed by atoms with Gasteiger partial charge in [0.25, 0.3) is 0 Å². The van der Waals surface area contributed by atoms with Crippen molar-refractivity contribution >= 4 is 0 Å². The average Bonchev–Trinajstić information content (AvgIpc) is 2.84. The molecule has 84 valence electrons. The Morgan fingerprint density at radius 3 is 3.07 bits per heavy atom. The Kier molecular flexibility index (Phi) is 3.04. The van der Waals surface area contributed by atoms with Crippen molar-refractivity contribution in [2.24, 2.45) is 5.73 Å². The molecule has 2 unspecified atom stereocenters. The molecule has 1 fully saturated rings. The van der Waals surface area contributed by atoms with Crippen LogP contribution in [0.15, 0.2) is 4.42 Å². The van der Waals surface area contributed by atoms with Crippen molar-refractivity contribution in [3.63, 3.8) is 0 Å². The maximum Gasteiger partial charge on any atom is 0.200 e. The van der Waals surface area contributed by atoms with E-state index < -0.39 is 6.10 Å². The summed E-state index contributed by atoms with van der Waals surface area (Å²) in [6, 6.07) is 0. The monoisotopic (exact) mass is 212 g/mol. The van der Waals surface area contributed by atoms with Crippen LogP contribution in [0.3, 0.4) is 0 Å². The fourth-order valence-corrected chi connectivity index (χ4v) is 1.75. The molecule has 0 aliphatic carbocycles. The Balaban J connectivity index is 2.20. The predicted molar refractivity (Wildman–Crippen MR) is 53.4 cm³/mol. The summed E-state index contributed by atoms with van der Waals surface area (Å²) in [7, 11) is 0.